The third kappa shape index (κ3) is 4.06. The highest BCUT2D eigenvalue weighted by atomic mass is 19.1. The predicted molar refractivity (Wildman–Crippen MR) is 94.2 cm³/mol. The first-order chi connectivity index (χ1) is 13.2. The van der Waals surface area contributed by atoms with Crippen molar-refractivity contribution in [3.05, 3.63) is 59.9 Å². The molecule has 1 aromatic carbocycles. The summed E-state index contributed by atoms with van der Waals surface area (Å²) in [5.74, 6) is 0.996. The molecule has 1 fully saturated rings. The van der Waals surface area contributed by atoms with Gasteiger partial charge in [-0.2, -0.15) is 0 Å². The average Bonchev–Trinajstić information content (AvgIpc) is 3.31. The molecule has 1 aliphatic rings. The fourth-order valence-corrected chi connectivity index (χ4v) is 3.12. The number of furan rings is 1. The highest BCUT2D eigenvalue weighted by molar-refractivity contribution is 5.94. The fraction of sp³-hybridized carbons (Fsp3) is 0.316. The van der Waals surface area contributed by atoms with Crippen molar-refractivity contribution in [2.45, 2.75) is 13.0 Å². The van der Waals surface area contributed by atoms with E-state index in [-0.39, 0.29) is 11.7 Å². The van der Waals surface area contributed by atoms with E-state index in [1.165, 1.54) is 24.3 Å². The summed E-state index contributed by atoms with van der Waals surface area (Å²) in [7, 11) is 0. The lowest BCUT2D eigenvalue weighted by molar-refractivity contribution is 0.0760. The molecule has 0 spiro atoms. The number of carbonyl (C=O) groups is 1. The van der Waals surface area contributed by atoms with Crippen molar-refractivity contribution >= 4 is 5.91 Å². The van der Waals surface area contributed by atoms with E-state index in [0.29, 0.717) is 49.3 Å². The number of halogens is 1. The van der Waals surface area contributed by atoms with Gasteiger partial charge in [0.15, 0.2) is 5.76 Å². The first-order valence-electron chi connectivity index (χ1n) is 8.82. The molecule has 0 radical (unpaired) electrons. The summed E-state index contributed by atoms with van der Waals surface area (Å²) in [6.45, 7) is 3.30. The summed E-state index contributed by atoms with van der Waals surface area (Å²) in [5.41, 5.74) is 0.504. The van der Waals surface area contributed by atoms with Crippen LogP contribution in [-0.4, -0.2) is 52.1 Å². The van der Waals surface area contributed by atoms with E-state index >= 15 is 0 Å². The molecule has 3 aromatic rings. The Balaban J connectivity index is 1.36. The Bertz CT molecular complexity index is 892. The van der Waals surface area contributed by atoms with Gasteiger partial charge in [0.1, 0.15) is 5.82 Å². The maximum atomic E-state index is 13.0. The molecule has 2 aromatic heterocycles. The van der Waals surface area contributed by atoms with Crippen molar-refractivity contribution in [3.63, 3.8) is 0 Å². The highest BCUT2D eigenvalue weighted by Gasteiger charge is 2.22. The van der Waals surface area contributed by atoms with E-state index in [4.69, 9.17) is 8.83 Å². The first-order valence-corrected chi connectivity index (χ1v) is 8.82. The molecule has 8 heteroatoms. The number of carbonyl (C=O) groups excluding carboxylic acids is 1. The SMILES string of the molecule is O=C(c1ccc(F)cc1)N1CCCN(Cc2nnc(-c3ccco3)o2)CC1. The zero-order valence-corrected chi connectivity index (χ0v) is 14.7. The van der Waals surface area contributed by atoms with Gasteiger partial charge in [0.2, 0.25) is 5.89 Å². The number of nitrogens with zero attached hydrogens (tertiary/aromatic N) is 4. The Labute approximate surface area is 155 Å². The first kappa shape index (κ1) is 17.4. The summed E-state index contributed by atoms with van der Waals surface area (Å²) in [5, 5.41) is 8.08. The van der Waals surface area contributed by atoms with Gasteiger partial charge in [-0.25, -0.2) is 4.39 Å². The third-order valence-electron chi connectivity index (χ3n) is 4.52. The molecule has 0 aliphatic carbocycles. The second-order valence-corrected chi connectivity index (χ2v) is 6.41. The van der Waals surface area contributed by atoms with Crippen molar-refractivity contribution < 1.29 is 18.0 Å². The van der Waals surface area contributed by atoms with Crippen molar-refractivity contribution in [2.75, 3.05) is 26.2 Å². The predicted octanol–water partition coefficient (Wildman–Crippen LogP) is 2.82. The summed E-state index contributed by atoms with van der Waals surface area (Å²) in [4.78, 5) is 16.6. The largest absolute Gasteiger partial charge is 0.459 e. The molecule has 3 heterocycles. The van der Waals surface area contributed by atoms with Crippen molar-refractivity contribution in [2.24, 2.45) is 0 Å². The molecule has 1 aliphatic heterocycles. The van der Waals surface area contributed by atoms with Crippen LogP contribution < -0.4 is 0 Å². The molecule has 7 nitrogen and oxygen atoms in total. The number of amides is 1. The molecule has 4 rings (SSSR count). The Kier molecular flexibility index (Phi) is 4.97. The van der Waals surface area contributed by atoms with Crippen LogP contribution in [-0.2, 0) is 6.54 Å². The molecular weight excluding hydrogens is 351 g/mol. The van der Waals surface area contributed by atoms with E-state index in [1.54, 1.807) is 23.3 Å². The molecule has 140 valence electrons. The van der Waals surface area contributed by atoms with Crippen LogP contribution in [0.5, 0.6) is 0 Å². The summed E-state index contributed by atoms with van der Waals surface area (Å²) >= 11 is 0. The van der Waals surface area contributed by atoms with E-state index < -0.39 is 0 Å². The third-order valence-corrected chi connectivity index (χ3v) is 4.52. The van der Waals surface area contributed by atoms with Crippen molar-refractivity contribution in [3.8, 4) is 11.7 Å². The van der Waals surface area contributed by atoms with Crippen LogP contribution in [0.25, 0.3) is 11.7 Å². The van der Waals surface area contributed by atoms with Crippen LogP contribution in [0.1, 0.15) is 22.7 Å². The van der Waals surface area contributed by atoms with Crippen LogP contribution in [0, 0.1) is 5.82 Å². The molecule has 0 N–H and O–H groups in total. The fourth-order valence-electron chi connectivity index (χ4n) is 3.12. The lowest BCUT2D eigenvalue weighted by atomic mass is 10.2. The van der Waals surface area contributed by atoms with Crippen LogP contribution in [0.4, 0.5) is 4.39 Å². The van der Waals surface area contributed by atoms with Gasteiger partial charge in [0.25, 0.3) is 11.8 Å². The number of rotatable bonds is 4. The average molecular weight is 370 g/mol. The lowest BCUT2D eigenvalue weighted by Gasteiger charge is -2.21. The van der Waals surface area contributed by atoms with Gasteiger partial charge in [-0.05, 0) is 42.8 Å². The van der Waals surface area contributed by atoms with Crippen molar-refractivity contribution in [1.29, 1.82) is 0 Å². The highest BCUT2D eigenvalue weighted by Crippen LogP contribution is 2.19. The van der Waals surface area contributed by atoms with Gasteiger partial charge in [0.05, 0.1) is 12.8 Å². The number of aromatic nitrogens is 2. The molecule has 1 amide bonds. The monoisotopic (exact) mass is 370 g/mol. The summed E-state index contributed by atoms with van der Waals surface area (Å²) < 4.78 is 24.0. The van der Waals surface area contributed by atoms with Gasteiger partial charge < -0.3 is 13.7 Å². The maximum absolute atomic E-state index is 13.0. The second-order valence-electron chi connectivity index (χ2n) is 6.41. The zero-order chi connectivity index (χ0) is 18.6. The minimum absolute atomic E-state index is 0.0743. The van der Waals surface area contributed by atoms with Gasteiger partial charge in [0, 0.05) is 31.7 Å². The van der Waals surface area contributed by atoms with Gasteiger partial charge in [-0.15, -0.1) is 10.2 Å². The minimum Gasteiger partial charge on any atom is -0.459 e. The topological polar surface area (TPSA) is 75.6 Å². The Morgan fingerprint density at radius 2 is 1.93 bits per heavy atom. The number of hydrogen-bond donors (Lipinski definition) is 0. The van der Waals surface area contributed by atoms with E-state index in [1.807, 2.05) is 0 Å². The van der Waals surface area contributed by atoms with Crippen LogP contribution in [0.15, 0.2) is 51.5 Å². The maximum Gasteiger partial charge on any atom is 0.283 e. The van der Waals surface area contributed by atoms with E-state index in [2.05, 4.69) is 15.1 Å². The molecule has 0 unspecified atom stereocenters. The van der Waals surface area contributed by atoms with Gasteiger partial charge in [-0.3, -0.25) is 9.69 Å². The smallest absolute Gasteiger partial charge is 0.283 e. The van der Waals surface area contributed by atoms with Crippen LogP contribution in [0.3, 0.4) is 0 Å². The lowest BCUT2D eigenvalue weighted by Crippen LogP contribution is -2.35. The molecule has 27 heavy (non-hydrogen) atoms. The van der Waals surface area contributed by atoms with E-state index in [0.717, 1.165) is 13.0 Å². The summed E-state index contributed by atoms with van der Waals surface area (Å²) in [6, 6.07) is 9.19. The quantitative estimate of drug-likeness (QED) is 0.703. The van der Waals surface area contributed by atoms with Crippen LogP contribution >= 0.6 is 0 Å². The van der Waals surface area contributed by atoms with Crippen LogP contribution in [0.2, 0.25) is 0 Å². The Hall–Kier alpha value is -3.00. The van der Waals surface area contributed by atoms with Crippen molar-refractivity contribution in [1.82, 2.24) is 20.0 Å². The van der Waals surface area contributed by atoms with E-state index in [9.17, 15) is 9.18 Å². The molecule has 0 bridgehead atoms. The number of hydrogen-bond acceptors (Lipinski definition) is 6. The minimum atomic E-state index is -0.345. The van der Waals surface area contributed by atoms with Gasteiger partial charge in [-0.1, -0.05) is 0 Å². The summed E-state index contributed by atoms with van der Waals surface area (Å²) in [6.07, 6.45) is 2.40. The molecule has 0 saturated carbocycles. The molecule has 1 saturated heterocycles. The standard InChI is InChI=1S/C19H19FN4O3/c20-15-6-4-14(5-7-15)19(25)24-9-2-8-23(10-11-24)13-17-21-22-18(27-17)16-3-1-12-26-16/h1,3-7,12H,2,8-11,13H2. The molecular formula is C19H19FN4O3. The van der Waals surface area contributed by atoms with Gasteiger partial charge >= 0.3 is 0 Å². The normalized spacial score (nSPS) is 15.7. The number of benzene rings is 1. The zero-order valence-electron chi connectivity index (χ0n) is 14.7. The second kappa shape index (κ2) is 7.71. The molecule has 0 atom stereocenters. The Morgan fingerprint density at radius 1 is 1.07 bits per heavy atom. The Morgan fingerprint density at radius 3 is 2.70 bits per heavy atom.